The van der Waals surface area contributed by atoms with Crippen LogP contribution in [-0.4, -0.2) is 23.9 Å². The topological polar surface area (TPSA) is 20.3 Å². The number of nitrogens with zero attached hydrogens (tertiary/aromatic N) is 1. The third kappa shape index (κ3) is 2.39. The summed E-state index contributed by atoms with van der Waals surface area (Å²) in [6, 6.07) is 20.1. The molecule has 19 heavy (non-hydrogen) atoms. The van der Waals surface area contributed by atoms with Crippen molar-refractivity contribution in [3.05, 3.63) is 71.8 Å². The molecule has 0 radical (unpaired) electrons. The average Bonchev–Trinajstić information content (AvgIpc) is 2.39. The second-order valence-corrected chi connectivity index (χ2v) is 4.93. The summed E-state index contributed by atoms with van der Waals surface area (Å²) in [7, 11) is 0. The molecule has 1 aliphatic heterocycles. The Kier molecular flexibility index (Phi) is 3.32. The van der Waals surface area contributed by atoms with Crippen molar-refractivity contribution in [3.8, 4) is 0 Å². The second-order valence-electron chi connectivity index (χ2n) is 4.93. The molecule has 0 aromatic heterocycles. The van der Waals surface area contributed by atoms with Gasteiger partial charge in [-0.05, 0) is 17.5 Å². The molecule has 0 bridgehead atoms. The van der Waals surface area contributed by atoms with Gasteiger partial charge in [0.05, 0.1) is 5.92 Å². The Balaban J connectivity index is 1.98. The summed E-state index contributed by atoms with van der Waals surface area (Å²) in [5.74, 6) is 0.0614. The number of likely N-dealkylation sites (tertiary alicyclic amines) is 1. The molecule has 1 fully saturated rings. The van der Waals surface area contributed by atoms with E-state index >= 15 is 0 Å². The first-order valence-corrected chi connectivity index (χ1v) is 6.75. The van der Waals surface area contributed by atoms with E-state index in [2.05, 4.69) is 0 Å². The summed E-state index contributed by atoms with van der Waals surface area (Å²) in [5.41, 5.74) is 2.15. The van der Waals surface area contributed by atoms with Crippen molar-refractivity contribution in [1.29, 1.82) is 0 Å². The van der Waals surface area contributed by atoms with Gasteiger partial charge < -0.3 is 4.90 Å². The van der Waals surface area contributed by atoms with Crippen LogP contribution >= 0.6 is 0 Å². The number of carbonyl (C=O) groups is 1. The maximum atomic E-state index is 12.7. The normalized spacial score (nSPS) is 14.3. The molecule has 96 valence electrons. The first-order chi connectivity index (χ1) is 9.36. The van der Waals surface area contributed by atoms with Crippen molar-refractivity contribution in [3.63, 3.8) is 0 Å². The molecule has 3 rings (SSSR count). The number of carbonyl (C=O) groups excluding carboxylic acids is 1. The summed E-state index contributed by atoms with van der Waals surface area (Å²) < 4.78 is 0. The summed E-state index contributed by atoms with van der Waals surface area (Å²) in [6.45, 7) is 1.80. The van der Waals surface area contributed by atoms with Crippen LogP contribution in [0, 0.1) is 0 Å². The van der Waals surface area contributed by atoms with Gasteiger partial charge in [0, 0.05) is 13.1 Å². The van der Waals surface area contributed by atoms with Gasteiger partial charge in [-0.15, -0.1) is 0 Å². The van der Waals surface area contributed by atoms with Crippen LogP contribution in [0.2, 0.25) is 0 Å². The molecule has 1 saturated heterocycles. The minimum absolute atomic E-state index is 0.164. The van der Waals surface area contributed by atoms with Gasteiger partial charge in [-0.2, -0.15) is 0 Å². The Labute approximate surface area is 113 Å². The molecule has 0 saturated carbocycles. The van der Waals surface area contributed by atoms with E-state index in [1.54, 1.807) is 0 Å². The SMILES string of the molecule is O=C(C(c1ccccc1)c1ccccc1)N1CCC1. The highest BCUT2D eigenvalue weighted by molar-refractivity contribution is 5.87. The van der Waals surface area contributed by atoms with Gasteiger partial charge in [0.25, 0.3) is 0 Å². The van der Waals surface area contributed by atoms with E-state index in [1.165, 1.54) is 0 Å². The number of rotatable bonds is 3. The molecular formula is C17H17NO. The second kappa shape index (κ2) is 5.27. The molecule has 2 heteroatoms. The third-order valence-electron chi connectivity index (χ3n) is 3.68. The Morgan fingerprint density at radius 3 is 1.68 bits per heavy atom. The zero-order valence-electron chi connectivity index (χ0n) is 10.8. The van der Waals surface area contributed by atoms with E-state index in [-0.39, 0.29) is 11.8 Å². The molecule has 1 amide bonds. The molecule has 2 nitrogen and oxygen atoms in total. The van der Waals surface area contributed by atoms with E-state index in [9.17, 15) is 4.79 Å². The maximum Gasteiger partial charge on any atom is 0.234 e. The molecule has 0 spiro atoms. The predicted molar refractivity (Wildman–Crippen MR) is 75.9 cm³/mol. The summed E-state index contributed by atoms with van der Waals surface area (Å²) in [4.78, 5) is 14.6. The highest BCUT2D eigenvalue weighted by Gasteiger charge is 2.30. The lowest BCUT2D eigenvalue weighted by Crippen LogP contribution is -2.44. The van der Waals surface area contributed by atoms with Crippen LogP contribution in [-0.2, 0) is 4.79 Å². The molecule has 0 unspecified atom stereocenters. The smallest absolute Gasteiger partial charge is 0.234 e. The number of hydrogen-bond acceptors (Lipinski definition) is 1. The minimum atomic E-state index is -0.164. The van der Waals surface area contributed by atoms with E-state index in [1.807, 2.05) is 65.6 Å². The molecule has 0 aliphatic carbocycles. The van der Waals surface area contributed by atoms with Crippen molar-refractivity contribution >= 4 is 5.91 Å². The molecule has 1 aliphatic rings. The zero-order chi connectivity index (χ0) is 13.1. The minimum Gasteiger partial charge on any atom is -0.342 e. The molecular weight excluding hydrogens is 234 g/mol. The van der Waals surface area contributed by atoms with Crippen LogP contribution < -0.4 is 0 Å². The van der Waals surface area contributed by atoms with E-state index < -0.39 is 0 Å². The Morgan fingerprint density at radius 2 is 1.32 bits per heavy atom. The third-order valence-corrected chi connectivity index (χ3v) is 3.68. The number of benzene rings is 2. The molecule has 1 heterocycles. The van der Waals surface area contributed by atoms with Crippen molar-refractivity contribution in [1.82, 2.24) is 4.90 Å². The highest BCUT2D eigenvalue weighted by Crippen LogP contribution is 2.28. The largest absolute Gasteiger partial charge is 0.342 e. The fourth-order valence-electron chi connectivity index (χ4n) is 2.49. The first kappa shape index (κ1) is 12.0. The van der Waals surface area contributed by atoms with Crippen LogP contribution in [0.15, 0.2) is 60.7 Å². The van der Waals surface area contributed by atoms with Crippen molar-refractivity contribution < 1.29 is 4.79 Å². The number of amides is 1. The zero-order valence-corrected chi connectivity index (χ0v) is 10.8. The lowest BCUT2D eigenvalue weighted by Gasteiger charge is -2.34. The van der Waals surface area contributed by atoms with Crippen LogP contribution in [0.1, 0.15) is 23.5 Å². The van der Waals surface area contributed by atoms with Gasteiger partial charge in [-0.1, -0.05) is 60.7 Å². The van der Waals surface area contributed by atoms with Crippen molar-refractivity contribution in [2.75, 3.05) is 13.1 Å². The Morgan fingerprint density at radius 1 is 0.842 bits per heavy atom. The number of hydrogen-bond donors (Lipinski definition) is 0. The van der Waals surface area contributed by atoms with Gasteiger partial charge in [0.15, 0.2) is 0 Å². The molecule has 2 aromatic carbocycles. The van der Waals surface area contributed by atoms with E-state index in [0.717, 1.165) is 30.6 Å². The van der Waals surface area contributed by atoms with E-state index in [4.69, 9.17) is 0 Å². The summed E-state index contributed by atoms with van der Waals surface area (Å²) >= 11 is 0. The fourth-order valence-corrected chi connectivity index (χ4v) is 2.49. The monoisotopic (exact) mass is 251 g/mol. The quantitative estimate of drug-likeness (QED) is 0.821. The van der Waals surface area contributed by atoms with Crippen LogP contribution in [0.3, 0.4) is 0 Å². The van der Waals surface area contributed by atoms with Gasteiger partial charge in [-0.3, -0.25) is 4.79 Å². The highest BCUT2D eigenvalue weighted by atomic mass is 16.2. The summed E-state index contributed by atoms with van der Waals surface area (Å²) in [6.07, 6.45) is 1.13. The van der Waals surface area contributed by atoms with Gasteiger partial charge in [0.2, 0.25) is 5.91 Å². The average molecular weight is 251 g/mol. The van der Waals surface area contributed by atoms with E-state index in [0.29, 0.717) is 0 Å². The first-order valence-electron chi connectivity index (χ1n) is 6.75. The molecule has 0 N–H and O–H groups in total. The lowest BCUT2D eigenvalue weighted by molar-refractivity contribution is -0.135. The Hall–Kier alpha value is -2.09. The molecule has 2 aromatic rings. The lowest BCUT2D eigenvalue weighted by atomic mass is 9.89. The van der Waals surface area contributed by atoms with Gasteiger partial charge >= 0.3 is 0 Å². The fraction of sp³-hybridized carbons (Fsp3) is 0.235. The van der Waals surface area contributed by atoms with Crippen molar-refractivity contribution in [2.45, 2.75) is 12.3 Å². The predicted octanol–water partition coefficient (Wildman–Crippen LogP) is 3.05. The van der Waals surface area contributed by atoms with Gasteiger partial charge in [0.1, 0.15) is 0 Å². The van der Waals surface area contributed by atoms with Crippen LogP contribution in [0.4, 0.5) is 0 Å². The van der Waals surface area contributed by atoms with Gasteiger partial charge in [-0.25, -0.2) is 0 Å². The van der Waals surface area contributed by atoms with Crippen LogP contribution in [0.5, 0.6) is 0 Å². The van der Waals surface area contributed by atoms with Crippen LogP contribution in [0.25, 0.3) is 0 Å². The maximum absolute atomic E-state index is 12.7. The summed E-state index contributed by atoms with van der Waals surface area (Å²) in [5, 5.41) is 0. The standard InChI is InChI=1S/C17H17NO/c19-17(18-12-7-13-18)16(14-8-3-1-4-9-14)15-10-5-2-6-11-15/h1-6,8-11,16H,7,12-13H2. The Bertz CT molecular complexity index is 506. The molecule has 0 atom stereocenters. The van der Waals surface area contributed by atoms with Crippen molar-refractivity contribution in [2.24, 2.45) is 0 Å².